The van der Waals surface area contributed by atoms with Gasteiger partial charge in [0.25, 0.3) is 0 Å². The highest BCUT2D eigenvalue weighted by atomic mass is 17.2. The van der Waals surface area contributed by atoms with E-state index in [9.17, 15) is 0 Å². The fourth-order valence-corrected chi connectivity index (χ4v) is 0.758. The number of allylic oxidation sites excluding steroid dienone is 1. The molecular formula is C11H22O3. The van der Waals surface area contributed by atoms with E-state index >= 15 is 0 Å². The number of rotatable bonds is 7. The van der Waals surface area contributed by atoms with Crippen LogP contribution in [0.1, 0.15) is 33.1 Å². The molecule has 3 heteroatoms. The minimum absolute atomic E-state index is 0.307. The molecule has 1 saturated heterocycles. The Kier molecular flexibility index (Phi) is 10.4. The van der Waals surface area contributed by atoms with Crippen molar-refractivity contribution < 1.29 is 14.5 Å². The number of hydrogen-bond donors (Lipinski definition) is 0. The summed E-state index contributed by atoms with van der Waals surface area (Å²) in [4.78, 5) is 9.79. The lowest BCUT2D eigenvalue weighted by molar-refractivity contribution is -0.296. The molecule has 0 N–H and O–H groups in total. The molecule has 0 radical (unpaired) electrons. The second kappa shape index (κ2) is 10.7. The van der Waals surface area contributed by atoms with Gasteiger partial charge >= 0.3 is 0 Å². The van der Waals surface area contributed by atoms with Crippen LogP contribution >= 0.6 is 0 Å². The first-order valence-corrected chi connectivity index (χ1v) is 5.28. The Balaban J connectivity index is 0.000000500. The van der Waals surface area contributed by atoms with Gasteiger partial charge in [0.2, 0.25) is 0 Å². The lowest BCUT2D eigenvalue weighted by Gasteiger charge is -2.00. The molecule has 0 aromatic rings. The maximum Gasteiger partial charge on any atom is 0.111 e. The van der Waals surface area contributed by atoms with Crippen molar-refractivity contribution in [2.45, 2.75) is 39.2 Å². The van der Waals surface area contributed by atoms with Gasteiger partial charge in [0.1, 0.15) is 12.7 Å². The Bertz CT molecular complexity index is 122. The van der Waals surface area contributed by atoms with Crippen LogP contribution in [0.2, 0.25) is 0 Å². The largest absolute Gasteiger partial charge is 0.370 e. The van der Waals surface area contributed by atoms with Crippen LogP contribution < -0.4 is 0 Å². The maximum atomic E-state index is 4.93. The van der Waals surface area contributed by atoms with Crippen LogP contribution in [0.4, 0.5) is 0 Å². The Hall–Kier alpha value is -0.380. The zero-order chi connectivity index (χ0) is 10.6. The Morgan fingerprint density at radius 3 is 2.57 bits per heavy atom. The molecule has 0 amide bonds. The number of unbranched alkanes of at least 4 members (excludes halogenated alkanes) is 2. The predicted molar refractivity (Wildman–Crippen MR) is 57.0 cm³/mol. The van der Waals surface area contributed by atoms with Crippen molar-refractivity contribution in [3.8, 4) is 0 Å². The zero-order valence-electron chi connectivity index (χ0n) is 9.33. The fourth-order valence-electron chi connectivity index (χ4n) is 0.758. The summed E-state index contributed by atoms with van der Waals surface area (Å²) in [5, 5.41) is 0. The summed E-state index contributed by atoms with van der Waals surface area (Å²) in [5.41, 5.74) is 0. The number of ether oxygens (including phenoxy) is 1. The lowest BCUT2D eigenvalue weighted by atomic mass is 10.3. The van der Waals surface area contributed by atoms with Crippen LogP contribution in [0.25, 0.3) is 0 Å². The molecule has 1 rings (SSSR count). The normalized spacial score (nSPS) is 18.3. The van der Waals surface area contributed by atoms with Crippen molar-refractivity contribution in [1.29, 1.82) is 0 Å². The average molecular weight is 202 g/mol. The Morgan fingerprint density at radius 1 is 1.43 bits per heavy atom. The summed E-state index contributed by atoms with van der Waals surface area (Å²) in [7, 11) is 0. The molecule has 0 aromatic heterocycles. The van der Waals surface area contributed by atoms with Crippen molar-refractivity contribution in [1.82, 2.24) is 0 Å². The van der Waals surface area contributed by atoms with E-state index in [2.05, 4.69) is 13.5 Å². The van der Waals surface area contributed by atoms with Crippen molar-refractivity contribution >= 4 is 0 Å². The van der Waals surface area contributed by atoms with Crippen LogP contribution in [0.15, 0.2) is 12.7 Å². The first-order valence-electron chi connectivity index (χ1n) is 5.28. The predicted octanol–water partition coefficient (Wildman–Crippen LogP) is 2.72. The molecule has 0 spiro atoms. The topological polar surface area (TPSA) is 31.0 Å². The van der Waals surface area contributed by atoms with Gasteiger partial charge in [0, 0.05) is 0 Å². The third-order valence-corrected chi connectivity index (χ3v) is 1.57. The van der Waals surface area contributed by atoms with Gasteiger partial charge in [0.05, 0.1) is 13.2 Å². The van der Waals surface area contributed by atoms with Gasteiger partial charge in [-0.05, 0) is 13.3 Å². The van der Waals surface area contributed by atoms with Crippen molar-refractivity contribution in [2.75, 3.05) is 19.8 Å². The fraction of sp³-hybridized carbons (Fsp3) is 0.818. The van der Waals surface area contributed by atoms with Crippen LogP contribution in [0.3, 0.4) is 0 Å². The van der Waals surface area contributed by atoms with Gasteiger partial charge in [-0.25, -0.2) is 9.78 Å². The highest BCUT2D eigenvalue weighted by Gasteiger charge is 2.22. The summed E-state index contributed by atoms with van der Waals surface area (Å²) in [6, 6.07) is 0. The highest BCUT2D eigenvalue weighted by molar-refractivity contribution is 4.65. The number of epoxide rings is 1. The average Bonchev–Trinajstić information content (AvgIpc) is 2.96. The maximum absolute atomic E-state index is 4.93. The molecule has 0 aliphatic carbocycles. The molecule has 3 nitrogen and oxygen atoms in total. The molecular weight excluding hydrogens is 180 g/mol. The van der Waals surface area contributed by atoms with Crippen molar-refractivity contribution in [2.24, 2.45) is 0 Å². The van der Waals surface area contributed by atoms with Crippen LogP contribution in [-0.4, -0.2) is 25.9 Å². The van der Waals surface area contributed by atoms with E-state index in [-0.39, 0.29) is 0 Å². The Morgan fingerprint density at radius 2 is 2.07 bits per heavy atom. The van der Waals surface area contributed by atoms with Gasteiger partial charge in [-0.1, -0.05) is 25.8 Å². The molecule has 1 atom stereocenters. The van der Waals surface area contributed by atoms with Crippen LogP contribution in [-0.2, 0) is 14.5 Å². The summed E-state index contributed by atoms with van der Waals surface area (Å²) in [6.45, 7) is 9.55. The lowest BCUT2D eigenvalue weighted by Crippen LogP contribution is -2.03. The van der Waals surface area contributed by atoms with E-state index in [1.807, 2.05) is 6.92 Å². The molecule has 0 aromatic carbocycles. The van der Waals surface area contributed by atoms with Gasteiger partial charge in [-0.15, -0.1) is 6.58 Å². The van der Waals surface area contributed by atoms with Gasteiger partial charge in [0.15, 0.2) is 0 Å². The van der Waals surface area contributed by atoms with Crippen molar-refractivity contribution in [3.63, 3.8) is 0 Å². The highest BCUT2D eigenvalue weighted by Crippen LogP contribution is 2.08. The molecule has 1 aliphatic heterocycles. The molecule has 1 heterocycles. The molecule has 14 heavy (non-hydrogen) atoms. The molecule has 0 bridgehead atoms. The van der Waals surface area contributed by atoms with E-state index < -0.39 is 0 Å². The zero-order valence-corrected chi connectivity index (χ0v) is 9.33. The van der Waals surface area contributed by atoms with E-state index in [0.29, 0.717) is 19.3 Å². The Labute approximate surface area is 87.0 Å². The second-order valence-corrected chi connectivity index (χ2v) is 3.18. The minimum atomic E-state index is 0.307. The van der Waals surface area contributed by atoms with E-state index in [1.54, 1.807) is 6.08 Å². The van der Waals surface area contributed by atoms with Gasteiger partial charge in [-0.3, -0.25) is 0 Å². The first kappa shape index (κ1) is 13.6. The third-order valence-electron chi connectivity index (χ3n) is 1.57. The summed E-state index contributed by atoms with van der Waals surface area (Å²) in [6.07, 6.45) is 5.57. The van der Waals surface area contributed by atoms with E-state index in [4.69, 9.17) is 14.5 Å². The standard InChI is InChI=1S/C8H16O3.C3H6/c1-2-3-4-5-10-11-7-8-6-9-8;1-3-2/h8H,2-7H2,1H3;3H,1H2,2H3. The van der Waals surface area contributed by atoms with Crippen LogP contribution in [0, 0.1) is 0 Å². The molecule has 1 unspecified atom stereocenters. The summed E-state index contributed by atoms with van der Waals surface area (Å²) >= 11 is 0. The third kappa shape index (κ3) is 11.6. The molecule has 1 fully saturated rings. The minimum Gasteiger partial charge on any atom is -0.370 e. The van der Waals surface area contributed by atoms with E-state index in [0.717, 1.165) is 13.0 Å². The monoisotopic (exact) mass is 202 g/mol. The van der Waals surface area contributed by atoms with Gasteiger partial charge in [-0.2, -0.15) is 0 Å². The second-order valence-electron chi connectivity index (χ2n) is 3.18. The molecule has 84 valence electrons. The van der Waals surface area contributed by atoms with E-state index in [1.165, 1.54) is 12.8 Å². The quantitative estimate of drug-likeness (QED) is 0.209. The summed E-state index contributed by atoms with van der Waals surface area (Å²) in [5.74, 6) is 0. The summed E-state index contributed by atoms with van der Waals surface area (Å²) < 4.78 is 4.93. The molecule has 0 saturated carbocycles. The molecule has 1 aliphatic rings. The number of hydrogen-bond acceptors (Lipinski definition) is 3. The van der Waals surface area contributed by atoms with Gasteiger partial charge < -0.3 is 4.74 Å². The first-order chi connectivity index (χ1) is 6.85. The smallest absolute Gasteiger partial charge is 0.111 e. The SMILES string of the molecule is C=CC.CCCCCOOCC1CO1. The van der Waals surface area contributed by atoms with Crippen LogP contribution in [0.5, 0.6) is 0 Å². The van der Waals surface area contributed by atoms with Crippen molar-refractivity contribution in [3.05, 3.63) is 12.7 Å².